The lowest BCUT2D eigenvalue weighted by atomic mass is 9.97. The molecule has 4 atom stereocenters. The molecule has 0 aliphatic carbocycles. The standard InChI is InChI=1S/C16H25N2O10P.C16H26NO10P.C14H21N2O10P.C8H13N2O9P.C5H9NO2/c1-11(4-7-15(20)21)10-29(25,26)28-8-2-3-13(16(22)23)18-14(19)6-5-12(17)9-27-24;1-11(2-5-15(19)20)10-28(24,25)27-7-6-12(16(21)22)8-14(18)4-3-13(17)9-26-23;1-9(2-5-13(18)19)8-27(23,24)26-7-11(14(20)21)16-12(17)4-3-10(15)6-25-22;9-5(3-18-14)1-2-7(11)10-6(8(12)13)4-19-20(15,16)17;1-4(6)2-3-5(7)8/h9,24H,1-8,10,17H2,(H,20,21)(H,22,23)(H,25,26);9,12,23H,1-8,10,17H2,(H,19,20)(H,21,22)(H,24,25);6,22H,1-5,7-8,15H2,(H,18,19)(H,20,21)(H,23,24);3,14H,1-2,4,9H2,(H,12,13)(H2,15,16,17);1-3,6H2,(H,7,8)/b12-9-,18-13?;13-9+;10-6-,16-11?;5-3-,10-6?;. The zero-order chi connectivity index (χ0) is 87.6. The SMILES string of the molecule is C=C(CCC(=O)O)CP(=O)(O)OCC(=NC(=O)CC/C(N)=C/OO)C(=O)O.C=C(CCC(=O)O)CP(=O)(O)OCCC(CC(=O)CC/C(N)=C\OO)C(=O)O.C=C(CCC(=O)O)CP(=O)(O)OCCCC(=NC(=O)CC/C(N)=C/OO)C(=O)O.C=C(N)CCC(=O)O.N/C(=C\OO)CCC(=O)N=C(COP(=O)(O)O)C(=O)O. The number of rotatable bonds is 55. The van der Waals surface area contributed by atoms with Gasteiger partial charge in [0, 0.05) is 79.9 Å². The van der Waals surface area contributed by atoms with Gasteiger partial charge in [-0.25, -0.2) is 55.0 Å². The molecule has 0 saturated carbocycles. The molecule has 0 aromatic carbocycles. The maximum atomic E-state index is 11.9. The minimum Gasteiger partial charge on any atom is -0.481 e. The number of carbonyl (C=O) groups is 12. The van der Waals surface area contributed by atoms with Crippen molar-refractivity contribution >= 4 is 119 Å². The summed E-state index contributed by atoms with van der Waals surface area (Å²) < 4.78 is 64.4. The van der Waals surface area contributed by atoms with Gasteiger partial charge in [-0.2, -0.15) is 0 Å². The number of hydrogen-bond acceptors (Lipinski definition) is 33. The average molecular weight is 1700 g/mol. The number of Topliss-reactive ketones (excluding diaryl/α,β-unsaturated/α-hetero) is 1. The van der Waals surface area contributed by atoms with Gasteiger partial charge in [-0.15, -0.1) is 0 Å². The first-order valence-electron chi connectivity index (χ1n) is 31.3. The number of carboxylic acids is 8. The van der Waals surface area contributed by atoms with E-state index in [0.717, 1.165) is 25.0 Å². The van der Waals surface area contributed by atoms with Crippen LogP contribution in [0.4, 0.5) is 0 Å². The molecular weight excluding hydrogens is 1600 g/mol. The van der Waals surface area contributed by atoms with Crippen LogP contribution in [0.2, 0.25) is 0 Å². The van der Waals surface area contributed by atoms with Crippen molar-refractivity contribution in [1.29, 1.82) is 0 Å². The van der Waals surface area contributed by atoms with Gasteiger partial charge >= 0.3 is 78.4 Å². The Morgan fingerprint density at radius 1 is 0.366 bits per heavy atom. The van der Waals surface area contributed by atoms with Crippen molar-refractivity contribution in [3.05, 3.63) is 96.6 Å². The lowest BCUT2D eigenvalue weighted by Crippen LogP contribution is -2.21. The zero-order valence-electron chi connectivity index (χ0n) is 59.7. The molecule has 0 saturated heterocycles. The minimum absolute atomic E-state index is 0.00162. The molecule has 3 amide bonds. The molecule has 49 nitrogen and oxygen atoms in total. The van der Waals surface area contributed by atoms with Crippen LogP contribution < -0.4 is 28.7 Å². The van der Waals surface area contributed by atoms with Crippen molar-refractivity contribution in [3.63, 3.8) is 0 Å². The summed E-state index contributed by atoms with van der Waals surface area (Å²) in [6, 6.07) is 0. The molecule has 0 aliphatic rings. The number of carboxylic acid groups (broad SMARTS) is 8. The Bertz CT molecular complexity index is 3620. The molecule has 0 bridgehead atoms. The second-order valence-electron chi connectivity index (χ2n) is 22.2. The average Bonchev–Trinajstić information content (AvgIpc) is 0.909. The lowest BCUT2D eigenvalue weighted by Gasteiger charge is -2.16. The predicted molar refractivity (Wildman–Crippen MR) is 384 cm³/mol. The normalized spacial score (nSPS) is 13.7. The van der Waals surface area contributed by atoms with E-state index in [4.69, 9.17) is 104 Å². The first kappa shape index (κ1) is 111. The molecule has 0 aromatic rings. The highest BCUT2D eigenvalue weighted by atomic mass is 31.2. The highest BCUT2D eigenvalue weighted by molar-refractivity contribution is 7.53. The van der Waals surface area contributed by atoms with Crippen molar-refractivity contribution in [2.75, 3.05) is 44.9 Å². The van der Waals surface area contributed by atoms with E-state index in [0.29, 0.717) is 12.1 Å². The van der Waals surface area contributed by atoms with Crippen molar-refractivity contribution in [1.82, 2.24) is 0 Å². The Kier molecular flexibility index (Phi) is 60.8. The van der Waals surface area contributed by atoms with Gasteiger partial charge in [-0.05, 0) is 70.6 Å². The van der Waals surface area contributed by atoms with Gasteiger partial charge in [-0.3, -0.25) is 61.4 Å². The van der Waals surface area contributed by atoms with Gasteiger partial charge in [0.1, 0.15) is 49.8 Å². The number of hydrogen-bond donors (Lipinski definition) is 22. The van der Waals surface area contributed by atoms with Crippen LogP contribution in [0.1, 0.15) is 128 Å². The summed E-state index contributed by atoms with van der Waals surface area (Å²) >= 11 is 0. The molecule has 53 heteroatoms. The molecule has 0 fully saturated rings. The second kappa shape index (κ2) is 61.6. The van der Waals surface area contributed by atoms with Crippen LogP contribution >= 0.6 is 30.6 Å². The summed E-state index contributed by atoms with van der Waals surface area (Å²) in [4.78, 5) is 202. The number of phosphoric acid groups is 1. The van der Waals surface area contributed by atoms with Crippen LogP contribution in [0.15, 0.2) is 112 Å². The first-order chi connectivity index (χ1) is 51.7. The van der Waals surface area contributed by atoms with Crippen LogP contribution in [-0.2, 0) is 113 Å². The van der Waals surface area contributed by atoms with Gasteiger partial charge in [0.2, 0.25) is 17.7 Å². The molecule has 112 heavy (non-hydrogen) atoms. The van der Waals surface area contributed by atoms with E-state index in [1.165, 1.54) is 0 Å². The molecule has 0 heterocycles. The van der Waals surface area contributed by atoms with Crippen molar-refractivity contribution in [2.24, 2.45) is 49.6 Å². The molecule has 636 valence electrons. The van der Waals surface area contributed by atoms with Crippen molar-refractivity contribution in [2.45, 2.75) is 128 Å². The Morgan fingerprint density at radius 3 is 0.946 bits per heavy atom. The maximum Gasteiger partial charge on any atom is 0.469 e. The number of nitrogens with zero attached hydrogens (tertiary/aromatic N) is 3. The molecule has 4 unspecified atom stereocenters. The zero-order valence-corrected chi connectivity index (χ0v) is 63.3. The second-order valence-corrected chi connectivity index (χ2v) is 29.0. The highest BCUT2D eigenvalue weighted by Gasteiger charge is 2.28. The molecular formula is C59H94N8O41P4. The topological polar surface area (TPSA) is 858 Å². The van der Waals surface area contributed by atoms with E-state index in [1.54, 1.807) is 0 Å². The van der Waals surface area contributed by atoms with E-state index < -0.39 is 157 Å². The fourth-order valence-electron chi connectivity index (χ4n) is 6.78. The van der Waals surface area contributed by atoms with Crippen molar-refractivity contribution < 1.29 is 200 Å². The van der Waals surface area contributed by atoms with Crippen LogP contribution in [0.3, 0.4) is 0 Å². The first-order valence-corrected chi connectivity index (χ1v) is 38.1. The molecule has 0 aliphatic heterocycles. The van der Waals surface area contributed by atoms with Gasteiger partial charge in [-0.1, -0.05) is 43.0 Å². The molecule has 27 N–H and O–H groups in total. The fourth-order valence-corrected chi connectivity index (χ4v) is 10.6. The van der Waals surface area contributed by atoms with Crippen LogP contribution in [0, 0.1) is 5.92 Å². The highest BCUT2D eigenvalue weighted by Crippen LogP contribution is 2.46. The van der Waals surface area contributed by atoms with E-state index in [9.17, 15) is 95.6 Å². The Morgan fingerprint density at radius 2 is 0.661 bits per heavy atom. The Hall–Kier alpha value is -10.0. The third kappa shape index (κ3) is 72.8. The van der Waals surface area contributed by atoms with Crippen LogP contribution in [0.5, 0.6) is 0 Å². The van der Waals surface area contributed by atoms with Gasteiger partial charge in [0.15, 0.2) is 11.4 Å². The summed E-state index contributed by atoms with van der Waals surface area (Å²) in [5.74, 6) is -14.1. The lowest BCUT2D eigenvalue weighted by molar-refractivity contribution is -0.187. The summed E-state index contributed by atoms with van der Waals surface area (Å²) in [6.07, 6.45) is -0.0624. The molecule has 0 spiro atoms. The smallest absolute Gasteiger partial charge is 0.469 e. The monoisotopic (exact) mass is 1690 g/mol. The molecule has 0 radical (unpaired) electrons. The molecule has 0 aromatic heterocycles. The van der Waals surface area contributed by atoms with Crippen LogP contribution in [-0.4, -0.2) is 220 Å². The van der Waals surface area contributed by atoms with E-state index in [1.807, 2.05) is 0 Å². The minimum atomic E-state index is -4.87. The quantitative estimate of drug-likeness (QED) is 0.00788. The predicted octanol–water partition coefficient (Wildman–Crippen LogP) is 3.51. The van der Waals surface area contributed by atoms with Crippen molar-refractivity contribution in [3.8, 4) is 0 Å². The maximum absolute atomic E-state index is 11.9. The van der Waals surface area contributed by atoms with E-state index in [2.05, 4.69) is 69.9 Å². The third-order valence-electron chi connectivity index (χ3n) is 12.1. The third-order valence-corrected chi connectivity index (χ3v) is 16.8. The number of allylic oxidation sites excluding steroid dienone is 8. The summed E-state index contributed by atoms with van der Waals surface area (Å²) in [5, 5.41) is 102. The number of carbonyl (C=O) groups excluding carboxylic acids is 4. The van der Waals surface area contributed by atoms with Gasteiger partial charge in [0.05, 0.1) is 44.0 Å². The van der Waals surface area contributed by atoms with E-state index >= 15 is 0 Å². The number of ketones is 1. The van der Waals surface area contributed by atoms with Crippen LogP contribution in [0.25, 0.3) is 0 Å². The van der Waals surface area contributed by atoms with E-state index in [-0.39, 0.29) is 175 Å². The molecule has 0 rings (SSSR count). The number of aliphatic imine (C=N–C) groups is 3. The number of nitrogens with two attached hydrogens (primary N) is 5. The number of aliphatic carboxylic acids is 8. The summed E-state index contributed by atoms with van der Waals surface area (Å²) in [6.45, 7) is 11.2. The number of amides is 3. The summed E-state index contributed by atoms with van der Waals surface area (Å²) in [7, 11) is -17.3. The Balaban J connectivity index is -0.000000442. The largest absolute Gasteiger partial charge is 0.481 e. The number of phosphoric ester groups is 1. The fraction of sp³-hybridized carbons (Fsp3) is 0.475. The summed E-state index contributed by atoms with van der Waals surface area (Å²) in [5.41, 5.74) is 25.6. The Labute approximate surface area is 636 Å². The van der Waals surface area contributed by atoms with Gasteiger partial charge < -0.3 is 127 Å². The van der Waals surface area contributed by atoms with Gasteiger partial charge in [0.25, 0.3) is 0 Å².